The van der Waals surface area contributed by atoms with Gasteiger partial charge in [-0.15, -0.1) is 12.3 Å². The first-order chi connectivity index (χ1) is 9.19. The SMILES string of the molecule is C#CCC(N)c1nc(C2CC3CCC(C2)N3C)no1. The molecular weight excluding hydrogens is 240 g/mol. The van der Waals surface area contributed by atoms with Gasteiger partial charge in [0.15, 0.2) is 5.82 Å². The number of nitrogens with two attached hydrogens (primary N) is 1. The predicted octanol–water partition coefficient (Wildman–Crippen LogP) is 1.43. The first-order valence-corrected chi connectivity index (χ1v) is 6.93. The molecular formula is C14H20N4O. The summed E-state index contributed by atoms with van der Waals surface area (Å²) < 4.78 is 5.25. The molecule has 1 aromatic heterocycles. The van der Waals surface area contributed by atoms with Gasteiger partial charge < -0.3 is 15.2 Å². The van der Waals surface area contributed by atoms with Crippen molar-refractivity contribution in [3.63, 3.8) is 0 Å². The van der Waals surface area contributed by atoms with Gasteiger partial charge in [-0.05, 0) is 32.7 Å². The van der Waals surface area contributed by atoms with E-state index in [1.54, 1.807) is 0 Å². The Balaban J connectivity index is 1.72. The van der Waals surface area contributed by atoms with Crippen molar-refractivity contribution in [3.05, 3.63) is 11.7 Å². The summed E-state index contributed by atoms with van der Waals surface area (Å²) in [6, 6.07) is 1.00. The zero-order valence-corrected chi connectivity index (χ0v) is 11.2. The van der Waals surface area contributed by atoms with Crippen LogP contribution in [0.25, 0.3) is 0 Å². The van der Waals surface area contributed by atoms with Crippen LogP contribution in [0.15, 0.2) is 4.52 Å². The number of fused-ring (bicyclic) bond motifs is 2. The van der Waals surface area contributed by atoms with Crippen molar-refractivity contribution in [3.8, 4) is 12.3 Å². The molecule has 3 unspecified atom stereocenters. The number of hydrogen-bond donors (Lipinski definition) is 1. The number of nitrogens with zero attached hydrogens (tertiary/aromatic N) is 3. The fourth-order valence-corrected chi connectivity index (χ4v) is 3.40. The molecule has 2 fully saturated rings. The molecule has 0 aromatic carbocycles. The molecule has 0 amide bonds. The third-order valence-corrected chi connectivity index (χ3v) is 4.58. The Hall–Kier alpha value is -1.38. The zero-order chi connectivity index (χ0) is 13.4. The predicted molar refractivity (Wildman–Crippen MR) is 71.2 cm³/mol. The smallest absolute Gasteiger partial charge is 0.244 e. The van der Waals surface area contributed by atoms with Crippen LogP contribution in [0.1, 0.15) is 55.8 Å². The second-order valence-electron chi connectivity index (χ2n) is 5.72. The van der Waals surface area contributed by atoms with E-state index in [2.05, 4.69) is 28.0 Å². The van der Waals surface area contributed by atoms with E-state index in [1.807, 2.05) is 0 Å². The van der Waals surface area contributed by atoms with Crippen molar-refractivity contribution in [2.24, 2.45) is 5.73 Å². The summed E-state index contributed by atoms with van der Waals surface area (Å²) in [5.74, 6) is 4.22. The molecule has 0 saturated carbocycles. The molecule has 5 heteroatoms. The molecule has 2 bridgehead atoms. The fourth-order valence-electron chi connectivity index (χ4n) is 3.40. The van der Waals surface area contributed by atoms with Gasteiger partial charge in [0.1, 0.15) is 0 Å². The lowest BCUT2D eigenvalue weighted by atomic mass is 9.90. The maximum Gasteiger partial charge on any atom is 0.244 e. The molecule has 0 aliphatic carbocycles. The molecule has 3 atom stereocenters. The highest BCUT2D eigenvalue weighted by atomic mass is 16.5. The number of rotatable bonds is 3. The second kappa shape index (κ2) is 4.95. The highest BCUT2D eigenvalue weighted by molar-refractivity contribution is 5.07. The minimum atomic E-state index is -0.339. The highest BCUT2D eigenvalue weighted by Gasteiger charge is 2.40. The number of aromatic nitrogens is 2. The second-order valence-corrected chi connectivity index (χ2v) is 5.72. The molecule has 19 heavy (non-hydrogen) atoms. The van der Waals surface area contributed by atoms with E-state index in [0.717, 1.165) is 18.7 Å². The largest absolute Gasteiger partial charge is 0.338 e. The van der Waals surface area contributed by atoms with Crippen LogP contribution in [-0.2, 0) is 0 Å². The normalized spacial score (nSPS) is 32.2. The van der Waals surface area contributed by atoms with Crippen molar-refractivity contribution >= 4 is 0 Å². The molecule has 2 saturated heterocycles. The van der Waals surface area contributed by atoms with Crippen LogP contribution in [0.2, 0.25) is 0 Å². The molecule has 2 N–H and O–H groups in total. The van der Waals surface area contributed by atoms with Gasteiger partial charge in [0.25, 0.3) is 0 Å². The Morgan fingerprint density at radius 1 is 1.47 bits per heavy atom. The van der Waals surface area contributed by atoms with Gasteiger partial charge >= 0.3 is 0 Å². The van der Waals surface area contributed by atoms with E-state index >= 15 is 0 Å². The third kappa shape index (κ3) is 2.26. The Labute approximate surface area is 113 Å². The standard InChI is InChI=1S/C14H20N4O/c1-3-4-12(15)14-16-13(17-19-14)9-7-10-5-6-11(8-9)18(10)2/h1,9-12H,4-8,15H2,2H3. The van der Waals surface area contributed by atoms with Gasteiger partial charge in [-0.25, -0.2) is 0 Å². The molecule has 5 nitrogen and oxygen atoms in total. The van der Waals surface area contributed by atoms with Crippen molar-refractivity contribution in [1.29, 1.82) is 0 Å². The van der Waals surface area contributed by atoms with Crippen LogP contribution < -0.4 is 5.73 Å². The van der Waals surface area contributed by atoms with Gasteiger partial charge in [0.05, 0.1) is 6.04 Å². The summed E-state index contributed by atoms with van der Waals surface area (Å²) in [6.45, 7) is 0. The lowest BCUT2D eigenvalue weighted by Gasteiger charge is -2.34. The summed E-state index contributed by atoms with van der Waals surface area (Å²) in [5, 5.41) is 4.11. The summed E-state index contributed by atoms with van der Waals surface area (Å²) in [4.78, 5) is 6.96. The Kier molecular flexibility index (Phi) is 3.29. The average Bonchev–Trinajstić information content (AvgIpc) is 2.93. The maximum absolute atomic E-state index is 5.89. The summed E-state index contributed by atoms with van der Waals surface area (Å²) in [6.07, 6.45) is 10.5. The van der Waals surface area contributed by atoms with Gasteiger partial charge in [0, 0.05) is 24.4 Å². The van der Waals surface area contributed by atoms with Crippen molar-refractivity contribution in [2.75, 3.05) is 7.05 Å². The fraction of sp³-hybridized carbons (Fsp3) is 0.714. The van der Waals surface area contributed by atoms with Crippen LogP contribution in [0.3, 0.4) is 0 Å². The summed E-state index contributed by atoms with van der Waals surface area (Å²) in [5.41, 5.74) is 5.89. The van der Waals surface area contributed by atoms with Gasteiger partial charge in [-0.1, -0.05) is 5.16 Å². The van der Waals surface area contributed by atoms with Crippen molar-refractivity contribution < 1.29 is 4.52 Å². The highest BCUT2D eigenvalue weighted by Crippen LogP contribution is 2.41. The maximum atomic E-state index is 5.89. The quantitative estimate of drug-likeness (QED) is 0.833. The first-order valence-electron chi connectivity index (χ1n) is 6.93. The average molecular weight is 260 g/mol. The molecule has 102 valence electrons. The Morgan fingerprint density at radius 3 is 2.79 bits per heavy atom. The molecule has 0 spiro atoms. The van der Waals surface area contributed by atoms with Crippen LogP contribution in [0, 0.1) is 12.3 Å². The van der Waals surface area contributed by atoms with E-state index in [0.29, 0.717) is 30.3 Å². The molecule has 2 aliphatic rings. The lowest BCUT2D eigenvalue weighted by Crippen LogP contribution is -2.39. The minimum Gasteiger partial charge on any atom is -0.338 e. The van der Waals surface area contributed by atoms with Gasteiger partial charge in [0.2, 0.25) is 5.89 Å². The third-order valence-electron chi connectivity index (χ3n) is 4.58. The van der Waals surface area contributed by atoms with Crippen LogP contribution in [-0.4, -0.2) is 34.2 Å². The van der Waals surface area contributed by atoms with Crippen molar-refractivity contribution in [1.82, 2.24) is 15.0 Å². The topological polar surface area (TPSA) is 68.2 Å². The van der Waals surface area contributed by atoms with Gasteiger partial charge in [-0.3, -0.25) is 0 Å². The van der Waals surface area contributed by atoms with E-state index in [1.165, 1.54) is 12.8 Å². The van der Waals surface area contributed by atoms with E-state index in [9.17, 15) is 0 Å². The Bertz CT molecular complexity index is 478. The number of piperidine rings is 1. The van der Waals surface area contributed by atoms with E-state index < -0.39 is 0 Å². The number of terminal acetylenes is 1. The number of hydrogen-bond acceptors (Lipinski definition) is 5. The van der Waals surface area contributed by atoms with Crippen LogP contribution >= 0.6 is 0 Å². The zero-order valence-electron chi connectivity index (χ0n) is 11.2. The summed E-state index contributed by atoms with van der Waals surface area (Å²) in [7, 11) is 2.23. The summed E-state index contributed by atoms with van der Waals surface area (Å²) >= 11 is 0. The minimum absolute atomic E-state index is 0.339. The van der Waals surface area contributed by atoms with E-state index in [-0.39, 0.29) is 6.04 Å². The van der Waals surface area contributed by atoms with Crippen molar-refractivity contribution in [2.45, 2.75) is 56.1 Å². The molecule has 1 aromatic rings. The van der Waals surface area contributed by atoms with Crippen LogP contribution in [0.5, 0.6) is 0 Å². The molecule has 3 rings (SSSR count). The molecule has 0 radical (unpaired) electrons. The van der Waals surface area contributed by atoms with Crippen LogP contribution in [0.4, 0.5) is 0 Å². The molecule has 2 aliphatic heterocycles. The molecule has 3 heterocycles. The Morgan fingerprint density at radius 2 is 2.16 bits per heavy atom. The lowest BCUT2D eigenvalue weighted by molar-refractivity contribution is 0.157. The van der Waals surface area contributed by atoms with E-state index in [4.69, 9.17) is 16.7 Å². The van der Waals surface area contributed by atoms with Gasteiger partial charge in [-0.2, -0.15) is 4.98 Å². The first kappa shape index (κ1) is 12.6. The monoisotopic (exact) mass is 260 g/mol.